The van der Waals surface area contributed by atoms with Crippen LogP contribution in [0.5, 0.6) is 11.5 Å². The highest BCUT2D eigenvalue weighted by Gasteiger charge is 2.12. The Hall–Kier alpha value is -3.35. The number of carbonyl (C=O) groups excluding carboxylic acids is 1. The number of nitrogens with one attached hydrogen (secondary N) is 1. The minimum Gasteiger partial charge on any atom is -0.493 e. The first-order valence-electron chi connectivity index (χ1n) is 8.05. The molecule has 7 heteroatoms. The number of anilines is 1. The van der Waals surface area contributed by atoms with E-state index in [0.717, 1.165) is 11.4 Å². The van der Waals surface area contributed by atoms with Gasteiger partial charge in [0.2, 0.25) is 0 Å². The zero-order chi connectivity index (χ0) is 18.7. The molecule has 0 saturated heterocycles. The fourth-order valence-corrected chi connectivity index (χ4v) is 2.63. The van der Waals surface area contributed by atoms with E-state index in [-0.39, 0.29) is 5.91 Å². The summed E-state index contributed by atoms with van der Waals surface area (Å²) in [5.41, 5.74) is 2.98. The number of amides is 1. The maximum absolute atomic E-state index is 12.4. The monoisotopic (exact) mass is 352 g/mol. The van der Waals surface area contributed by atoms with Gasteiger partial charge in [-0.1, -0.05) is 0 Å². The Labute approximate surface area is 151 Å². The van der Waals surface area contributed by atoms with Crippen LogP contribution in [-0.4, -0.2) is 34.9 Å². The molecule has 1 N–H and O–H groups in total. The highest BCUT2D eigenvalue weighted by Crippen LogP contribution is 2.27. The van der Waals surface area contributed by atoms with Gasteiger partial charge in [-0.2, -0.15) is 5.10 Å². The molecule has 26 heavy (non-hydrogen) atoms. The van der Waals surface area contributed by atoms with E-state index in [2.05, 4.69) is 15.4 Å². The molecule has 0 aliphatic carbocycles. The van der Waals surface area contributed by atoms with E-state index in [1.165, 1.54) is 7.11 Å². The summed E-state index contributed by atoms with van der Waals surface area (Å²) >= 11 is 0. The molecule has 7 nitrogen and oxygen atoms in total. The third-order valence-corrected chi connectivity index (χ3v) is 3.88. The Morgan fingerprint density at radius 3 is 2.38 bits per heavy atom. The fourth-order valence-electron chi connectivity index (χ4n) is 2.63. The van der Waals surface area contributed by atoms with Gasteiger partial charge in [0.15, 0.2) is 17.3 Å². The third kappa shape index (κ3) is 3.51. The van der Waals surface area contributed by atoms with E-state index >= 15 is 0 Å². The fraction of sp³-hybridized carbons (Fsp3) is 0.211. The van der Waals surface area contributed by atoms with Crippen molar-refractivity contribution < 1.29 is 14.3 Å². The molecular weight excluding hydrogens is 332 g/mol. The van der Waals surface area contributed by atoms with Crippen LogP contribution < -0.4 is 14.8 Å². The lowest BCUT2D eigenvalue weighted by Crippen LogP contribution is -2.12. The molecule has 2 aromatic heterocycles. The standard InChI is InChI=1S/C19H20N4O3/c1-12-9-13(2)23(22-12)18-8-6-15(11-20-18)21-19(24)14-5-7-16(25-3)17(10-14)26-4/h5-11H,1-4H3,(H,21,24). The van der Waals surface area contributed by atoms with Crippen LogP contribution in [0.25, 0.3) is 5.82 Å². The summed E-state index contributed by atoms with van der Waals surface area (Å²) in [4.78, 5) is 16.8. The van der Waals surface area contributed by atoms with Crippen molar-refractivity contribution in [2.75, 3.05) is 19.5 Å². The average molecular weight is 352 g/mol. The summed E-state index contributed by atoms with van der Waals surface area (Å²) in [6.07, 6.45) is 1.60. The quantitative estimate of drug-likeness (QED) is 0.763. The summed E-state index contributed by atoms with van der Waals surface area (Å²) in [6.45, 7) is 3.90. The van der Waals surface area contributed by atoms with Gasteiger partial charge >= 0.3 is 0 Å². The van der Waals surface area contributed by atoms with Crippen molar-refractivity contribution in [1.29, 1.82) is 0 Å². The maximum atomic E-state index is 12.4. The number of hydrogen-bond donors (Lipinski definition) is 1. The molecule has 0 saturated carbocycles. The molecule has 0 unspecified atom stereocenters. The molecule has 2 heterocycles. The molecule has 1 amide bonds. The predicted molar refractivity (Wildman–Crippen MR) is 98.3 cm³/mol. The zero-order valence-corrected chi connectivity index (χ0v) is 15.1. The Morgan fingerprint density at radius 1 is 1.04 bits per heavy atom. The minimum absolute atomic E-state index is 0.258. The predicted octanol–water partition coefficient (Wildman–Crippen LogP) is 3.15. The van der Waals surface area contributed by atoms with Crippen molar-refractivity contribution in [2.24, 2.45) is 0 Å². The van der Waals surface area contributed by atoms with E-state index in [0.29, 0.717) is 28.6 Å². The van der Waals surface area contributed by atoms with Crippen molar-refractivity contribution in [3.05, 3.63) is 59.5 Å². The van der Waals surface area contributed by atoms with Crippen molar-refractivity contribution in [1.82, 2.24) is 14.8 Å². The van der Waals surface area contributed by atoms with Gasteiger partial charge < -0.3 is 14.8 Å². The number of aryl methyl sites for hydroxylation is 2. The number of benzene rings is 1. The number of hydrogen-bond acceptors (Lipinski definition) is 5. The van der Waals surface area contributed by atoms with Crippen LogP contribution in [0.4, 0.5) is 5.69 Å². The number of methoxy groups -OCH3 is 2. The van der Waals surface area contributed by atoms with E-state index in [1.807, 2.05) is 26.0 Å². The third-order valence-electron chi connectivity index (χ3n) is 3.88. The maximum Gasteiger partial charge on any atom is 0.255 e. The summed E-state index contributed by atoms with van der Waals surface area (Å²) < 4.78 is 12.2. The number of pyridine rings is 1. The van der Waals surface area contributed by atoms with Crippen LogP contribution in [0.15, 0.2) is 42.6 Å². The van der Waals surface area contributed by atoms with E-state index in [4.69, 9.17) is 9.47 Å². The molecule has 0 aliphatic rings. The molecular formula is C19H20N4O3. The molecule has 1 aromatic carbocycles. The summed E-state index contributed by atoms with van der Waals surface area (Å²) in [6, 6.07) is 10.6. The summed E-state index contributed by atoms with van der Waals surface area (Å²) in [5, 5.41) is 7.21. The molecule has 0 radical (unpaired) electrons. The lowest BCUT2D eigenvalue weighted by Gasteiger charge is -2.10. The van der Waals surface area contributed by atoms with Crippen molar-refractivity contribution >= 4 is 11.6 Å². The Morgan fingerprint density at radius 2 is 1.81 bits per heavy atom. The molecule has 0 atom stereocenters. The van der Waals surface area contributed by atoms with Gasteiger partial charge in [-0.05, 0) is 50.2 Å². The number of rotatable bonds is 5. The van der Waals surface area contributed by atoms with Crippen molar-refractivity contribution in [3.63, 3.8) is 0 Å². The summed E-state index contributed by atoms with van der Waals surface area (Å²) in [5.74, 6) is 1.50. The Bertz CT molecular complexity index is 932. The second-order valence-corrected chi connectivity index (χ2v) is 5.77. The van der Waals surface area contributed by atoms with E-state index in [1.54, 1.807) is 42.3 Å². The van der Waals surface area contributed by atoms with Crippen molar-refractivity contribution in [2.45, 2.75) is 13.8 Å². The van der Waals surface area contributed by atoms with Crippen molar-refractivity contribution in [3.8, 4) is 17.3 Å². The first kappa shape index (κ1) is 17.5. The minimum atomic E-state index is -0.258. The van der Waals surface area contributed by atoms with Gasteiger partial charge in [-0.25, -0.2) is 9.67 Å². The number of carbonyl (C=O) groups is 1. The van der Waals surface area contributed by atoms with Crippen LogP contribution in [0.1, 0.15) is 21.7 Å². The molecule has 0 aliphatic heterocycles. The summed E-state index contributed by atoms with van der Waals surface area (Å²) in [7, 11) is 3.08. The van der Waals surface area contributed by atoms with E-state index < -0.39 is 0 Å². The van der Waals surface area contributed by atoms with Crippen LogP contribution in [0, 0.1) is 13.8 Å². The van der Waals surface area contributed by atoms with Gasteiger partial charge in [0.25, 0.3) is 5.91 Å². The first-order valence-corrected chi connectivity index (χ1v) is 8.05. The molecule has 3 aromatic rings. The first-order chi connectivity index (χ1) is 12.5. The SMILES string of the molecule is COc1ccc(C(=O)Nc2ccc(-n3nc(C)cc3C)nc2)cc1OC. The van der Waals surface area contributed by atoms with Crippen LogP contribution >= 0.6 is 0 Å². The molecule has 0 bridgehead atoms. The molecule has 134 valence electrons. The molecule has 3 rings (SSSR count). The number of ether oxygens (including phenoxy) is 2. The highest BCUT2D eigenvalue weighted by molar-refractivity contribution is 6.04. The van der Waals surface area contributed by atoms with Gasteiger partial charge in [0, 0.05) is 11.3 Å². The number of nitrogens with zero attached hydrogens (tertiary/aromatic N) is 3. The molecule has 0 spiro atoms. The largest absolute Gasteiger partial charge is 0.493 e. The van der Waals surface area contributed by atoms with Gasteiger partial charge in [0.1, 0.15) is 0 Å². The van der Waals surface area contributed by atoms with Crippen LogP contribution in [-0.2, 0) is 0 Å². The highest BCUT2D eigenvalue weighted by atomic mass is 16.5. The second kappa shape index (κ2) is 7.26. The van der Waals surface area contributed by atoms with Gasteiger partial charge in [0.05, 0.1) is 31.8 Å². The second-order valence-electron chi connectivity index (χ2n) is 5.77. The lowest BCUT2D eigenvalue weighted by molar-refractivity contribution is 0.102. The Kier molecular flexibility index (Phi) is 4.88. The number of aromatic nitrogens is 3. The molecule has 0 fully saturated rings. The zero-order valence-electron chi connectivity index (χ0n) is 15.1. The van der Waals surface area contributed by atoms with Gasteiger partial charge in [-0.15, -0.1) is 0 Å². The van der Waals surface area contributed by atoms with Crippen LogP contribution in [0.3, 0.4) is 0 Å². The van der Waals surface area contributed by atoms with Gasteiger partial charge in [-0.3, -0.25) is 4.79 Å². The average Bonchev–Trinajstić information content (AvgIpc) is 2.99. The van der Waals surface area contributed by atoms with E-state index in [9.17, 15) is 4.79 Å². The Balaban J connectivity index is 1.77. The van der Waals surface area contributed by atoms with Crippen LogP contribution in [0.2, 0.25) is 0 Å². The smallest absolute Gasteiger partial charge is 0.255 e. The normalized spacial score (nSPS) is 10.5. The topological polar surface area (TPSA) is 78.3 Å². The lowest BCUT2D eigenvalue weighted by atomic mass is 10.2.